The van der Waals surface area contributed by atoms with Gasteiger partial charge >= 0.3 is 6.03 Å². The van der Waals surface area contributed by atoms with Crippen molar-refractivity contribution in [1.82, 2.24) is 10.2 Å². The van der Waals surface area contributed by atoms with Gasteiger partial charge < -0.3 is 15.0 Å². The first-order valence-corrected chi connectivity index (χ1v) is 8.67. The molecule has 0 saturated heterocycles. The molecular formula is C22H24N2O2. The first kappa shape index (κ1) is 17.8. The van der Waals surface area contributed by atoms with Gasteiger partial charge in [0.05, 0.1) is 7.11 Å². The largest absolute Gasteiger partial charge is 0.497 e. The van der Waals surface area contributed by atoms with Gasteiger partial charge in [0.1, 0.15) is 5.75 Å². The summed E-state index contributed by atoms with van der Waals surface area (Å²) >= 11 is 0. The predicted molar refractivity (Wildman–Crippen MR) is 105 cm³/mol. The molecule has 0 atom stereocenters. The Bertz CT molecular complexity index is 921. The highest BCUT2D eigenvalue weighted by Gasteiger charge is 2.10. The van der Waals surface area contributed by atoms with Crippen molar-refractivity contribution in [3.63, 3.8) is 0 Å². The lowest BCUT2D eigenvalue weighted by molar-refractivity contribution is 0.206. The van der Waals surface area contributed by atoms with Crippen molar-refractivity contribution in [3.8, 4) is 5.75 Å². The Morgan fingerprint density at radius 1 is 1.04 bits per heavy atom. The number of urea groups is 1. The number of nitrogens with zero attached hydrogens (tertiary/aromatic N) is 1. The number of ether oxygens (including phenoxy) is 1. The average Bonchev–Trinajstić information content (AvgIpc) is 2.67. The first-order chi connectivity index (χ1) is 12.6. The van der Waals surface area contributed by atoms with Gasteiger partial charge in [-0.05, 0) is 52.6 Å². The molecule has 0 bridgehead atoms. The smallest absolute Gasteiger partial charge is 0.317 e. The van der Waals surface area contributed by atoms with Gasteiger partial charge in [-0.15, -0.1) is 0 Å². The van der Waals surface area contributed by atoms with E-state index in [0.29, 0.717) is 13.1 Å². The van der Waals surface area contributed by atoms with Crippen LogP contribution in [-0.2, 0) is 13.1 Å². The molecule has 134 valence electrons. The van der Waals surface area contributed by atoms with E-state index in [1.165, 1.54) is 5.56 Å². The molecule has 0 aliphatic rings. The van der Waals surface area contributed by atoms with Crippen molar-refractivity contribution in [1.29, 1.82) is 0 Å². The van der Waals surface area contributed by atoms with E-state index in [4.69, 9.17) is 4.74 Å². The van der Waals surface area contributed by atoms with Crippen molar-refractivity contribution in [3.05, 3.63) is 77.4 Å². The number of hydrogen-bond acceptors (Lipinski definition) is 2. The van der Waals surface area contributed by atoms with Crippen LogP contribution in [0.25, 0.3) is 10.8 Å². The van der Waals surface area contributed by atoms with Crippen LogP contribution in [-0.4, -0.2) is 25.1 Å². The first-order valence-electron chi connectivity index (χ1n) is 8.67. The fraction of sp³-hybridized carbons (Fsp3) is 0.227. The highest BCUT2D eigenvalue weighted by molar-refractivity contribution is 5.84. The van der Waals surface area contributed by atoms with Crippen LogP contribution in [0.3, 0.4) is 0 Å². The second-order valence-electron chi connectivity index (χ2n) is 6.49. The zero-order chi connectivity index (χ0) is 18.5. The van der Waals surface area contributed by atoms with Crippen molar-refractivity contribution in [2.24, 2.45) is 0 Å². The number of carbonyl (C=O) groups is 1. The summed E-state index contributed by atoms with van der Waals surface area (Å²) in [5.41, 5.74) is 3.42. The summed E-state index contributed by atoms with van der Waals surface area (Å²) in [7, 11) is 3.48. The third-order valence-electron chi connectivity index (χ3n) is 4.57. The molecule has 3 rings (SSSR count). The number of nitrogens with one attached hydrogen (secondary N) is 1. The fourth-order valence-electron chi connectivity index (χ4n) is 2.94. The molecule has 1 N–H and O–H groups in total. The van der Waals surface area contributed by atoms with E-state index in [2.05, 4.69) is 36.5 Å². The lowest BCUT2D eigenvalue weighted by Crippen LogP contribution is -2.36. The second-order valence-corrected chi connectivity index (χ2v) is 6.49. The minimum Gasteiger partial charge on any atom is -0.497 e. The molecule has 0 spiro atoms. The molecule has 0 saturated carbocycles. The maximum Gasteiger partial charge on any atom is 0.317 e. The molecule has 2 amide bonds. The van der Waals surface area contributed by atoms with Crippen LogP contribution in [0.15, 0.2) is 60.7 Å². The Morgan fingerprint density at radius 2 is 1.77 bits per heavy atom. The zero-order valence-corrected chi connectivity index (χ0v) is 15.5. The Morgan fingerprint density at radius 3 is 2.54 bits per heavy atom. The molecule has 4 nitrogen and oxygen atoms in total. The van der Waals surface area contributed by atoms with Crippen molar-refractivity contribution in [2.75, 3.05) is 14.2 Å². The van der Waals surface area contributed by atoms with Gasteiger partial charge in [-0.1, -0.05) is 42.5 Å². The molecule has 0 fully saturated rings. The summed E-state index contributed by atoms with van der Waals surface area (Å²) in [6.45, 7) is 3.15. The molecular weight excluding hydrogens is 324 g/mol. The zero-order valence-electron chi connectivity index (χ0n) is 15.5. The topological polar surface area (TPSA) is 41.6 Å². The number of methoxy groups -OCH3 is 1. The highest BCUT2D eigenvalue weighted by Crippen LogP contribution is 2.21. The number of hydrogen-bond donors (Lipinski definition) is 1. The SMILES string of the molecule is COc1ccc2cc(CNC(=O)N(C)Cc3ccccc3C)ccc2c1. The van der Waals surface area contributed by atoms with Crippen LogP contribution in [0, 0.1) is 6.92 Å². The number of fused-ring (bicyclic) bond motifs is 1. The third-order valence-corrected chi connectivity index (χ3v) is 4.57. The van der Waals surface area contributed by atoms with Gasteiger partial charge in [0.2, 0.25) is 0 Å². The summed E-state index contributed by atoms with van der Waals surface area (Å²) in [5, 5.41) is 5.24. The van der Waals surface area contributed by atoms with E-state index in [9.17, 15) is 4.79 Å². The van der Waals surface area contributed by atoms with E-state index < -0.39 is 0 Å². The average molecular weight is 348 g/mol. The highest BCUT2D eigenvalue weighted by atomic mass is 16.5. The number of carbonyl (C=O) groups excluding carboxylic acids is 1. The van der Waals surface area contributed by atoms with Gasteiger partial charge in [0.15, 0.2) is 0 Å². The number of benzene rings is 3. The molecule has 0 radical (unpaired) electrons. The van der Waals surface area contributed by atoms with Crippen molar-refractivity contribution >= 4 is 16.8 Å². The van der Waals surface area contributed by atoms with Gasteiger partial charge in [0.25, 0.3) is 0 Å². The van der Waals surface area contributed by atoms with Crippen LogP contribution in [0.4, 0.5) is 4.79 Å². The molecule has 26 heavy (non-hydrogen) atoms. The van der Waals surface area contributed by atoms with Crippen LogP contribution in [0.1, 0.15) is 16.7 Å². The summed E-state index contributed by atoms with van der Waals surface area (Å²) < 4.78 is 5.25. The molecule has 3 aromatic carbocycles. The summed E-state index contributed by atoms with van der Waals surface area (Å²) in [6, 6.07) is 20.2. The predicted octanol–water partition coefficient (Wildman–Crippen LogP) is 4.50. The summed E-state index contributed by atoms with van der Waals surface area (Å²) in [6.07, 6.45) is 0. The second kappa shape index (κ2) is 7.91. The maximum absolute atomic E-state index is 12.4. The number of aryl methyl sites for hydroxylation is 1. The van der Waals surface area contributed by atoms with Crippen molar-refractivity contribution in [2.45, 2.75) is 20.0 Å². The Balaban J connectivity index is 1.61. The molecule has 4 heteroatoms. The Hall–Kier alpha value is -3.01. The molecule has 0 aromatic heterocycles. The molecule has 0 unspecified atom stereocenters. The van der Waals surface area contributed by atoms with E-state index in [1.807, 2.05) is 43.4 Å². The molecule has 0 aliphatic heterocycles. The molecule has 3 aromatic rings. The van der Waals surface area contributed by atoms with Gasteiger partial charge in [-0.2, -0.15) is 0 Å². The van der Waals surface area contributed by atoms with Crippen molar-refractivity contribution < 1.29 is 9.53 Å². The lowest BCUT2D eigenvalue weighted by atomic mass is 10.1. The summed E-state index contributed by atoms with van der Waals surface area (Å²) in [5.74, 6) is 0.844. The minimum absolute atomic E-state index is 0.0805. The van der Waals surface area contributed by atoms with E-state index in [-0.39, 0.29) is 6.03 Å². The Kier molecular flexibility index (Phi) is 5.42. The minimum atomic E-state index is -0.0805. The van der Waals surface area contributed by atoms with Gasteiger partial charge in [0, 0.05) is 20.1 Å². The monoisotopic (exact) mass is 348 g/mol. The standard InChI is InChI=1S/C22H24N2O2/c1-16-6-4-5-7-20(16)15-24(2)22(25)23-14-17-8-9-19-13-21(26-3)11-10-18(19)12-17/h4-13H,14-15H2,1-3H3,(H,23,25). The number of rotatable bonds is 5. The third kappa shape index (κ3) is 4.14. The number of amides is 2. The molecule has 0 aliphatic carbocycles. The lowest BCUT2D eigenvalue weighted by Gasteiger charge is -2.19. The van der Waals surface area contributed by atoms with Gasteiger partial charge in [-0.3, -0.25) is 0 Å². The van der Waals surface area contributed by atoms with Crippen LogP contribution in [0.2, 0.25) is 0 Å². The van der Waals surface area contributed by atoms with Crippen LogP contribution in [0.5, 0.6) is 5.75 Å². The van der Waals surface area contributed by atoms with Gasteiger partial charge in [-0.25, -0.2) is 4.79 Å². The van der Waals surface area contributed by atoms with E-state index in [1.54, 1.807) is 12.0 Å². The normalized spacial score (nSPS) is 10.6. The van der Waals surface area contributed by atoms with E-state index >= 15 is 0 Å². The van der Waals surface area contributed by atoms with Crippen LogP contribution >= 0.6 is 0 Å². The maximum atomic E-state index is 12.4. The van der Waals surface area contributed by atoms with Crippen LogP contribution < -0.4 is 10.1 Å². The summed E-state index contributed by atoms with van der Waals surface area (Å²) in [4.78, 5) is 14.1. The quantitative estimate of drug-likeness (QED) is 0.738. The fourth-order valence-corrected chi connectivity index (χ4v) is 2.94. The molecule has 0 heterocycles. The Labute approximate surface area is 154 Å². The van der Waals surface area contributed by atoms with E-state index in [0.717, 1.165) is 27.6 Å².